The first-order valence-electron chi connectivity index (χ1n) is 10.1. The lowest BCUT2D eigenvalue weighted by molar-refractivity contribution is -0.117. The number of thioether (sulfide) groups is 1. The Bertz CT molecular complexity index is 1200. The minimum atomic E-state index is -3.21. The van der Waals surface area contributed by atoms with E-state index in [0.717, 1.165) is 5.56 Å². The van der Waals surface area contributed by atoms with Crippen LogP contribution in [0.5, 0.6) is 17.2 Å². The first-order valence-corrected chi connectivity index (χ1v) is 13.1. The van der Waals surface area contributed by atoms with Crippen molar-refractivity contribution in [2.24, 2.45) is 4.99 Å². The van der Waals surface area contributed by atoms with Crippen LogP contribution in [-0.2, 0) is 21.1 Å². The Labute approximate surface area is 201 Å². The van der Waals surface area contributed by atoms with Crippen LogP contribution in [0.4, 0.5) is 5.69 Å². The zero-order valence-corrected chi connectivity index (χ0v) is 20.7. The van der Waals surface area contributed by atoms with Crippen molar-refractivity contribution in [2.75, 3.05) is 37.7 Å². The molecule has 0 unspecified atom stereocenters. The Hall–Kier alpha value is -2.43. The highest BCUT2D eigenvalue weighted by molar-refractivity contribution is 8.16. The number of hydrogen-bond donors (Lipinski definition) is 0. The standard InChI is InChI=1S/C22H23ClN2O6S2/c1-29-14-6-4-13(5-7-14)8-21(26)24-22-25(17-11-33(27,28)12-20(17)32-22)16-9-15(23)18(30-2)10-19(16)31-3/h4-7,9-10,17,20H,8,11-12H2,1-3H3/t17-,20+/m0/s1. The van der Waals surface area contributed by atoms with E-state index in [1.54, 1.807) is 36.3 Å². The molecule has 0 N–H and O–H groups in total. The van der Waals surface area contributed by atoms with Crippen molar-refractivity contribution < 1.29 is 27.4 Å². The van der Waals surface area contributed by atoms with Crippen molar-refractivity contribution in [1.82, 2.24) is 0 Å². The second kappa shape index (κ2) is 9.44. The molecule has 2 atom stereocenters. The van der Waals surface area contributed by atoms with Gasteiger partial charge in [0.2, 0.25) is 0 Å². The monoisotopic (exact) mass is 510 g/mol. The van der Waals surface area contributed by atoms with Gasteiger partial charge in [-0.15, -0.1) is 0 Å². The van der Waals surface area contributed by atoms with Crippen LogP contribution in [0.1, 0.15) is 5.56 Å². The molecule has 0 aromatic heterocycles. The molecular formula is C22H23ClN2O6S2. The van der Waals surface area contributed by atoms with E-state index < -0.39 is 9.84 Å². The van der Waals surface area contributed by atoms with E-state index in [9.17, 15) is 13.2 Å². The van der Waals surface area contributed by atoms with Crippen LogP contribution in [0.15, 0.2) is 41.4 Å². The zero-order chi connectivity index (χ0) is 23.8. The Morgan fingerprint density at radius 1 is 1.09 bits per heavy atom. The molecule has 0 saturated carbocycles. The van der Waals surface area contributed by atoms with Crippen molar-refractivity contribution in [3.63, 3.8) is 0 Å². The number of hydrogen-bond acceptors (Lipinski definition) is 7. The number of methoxy groups -OCH3 is 3. The molecule has 2 aromatic rings. The summed E-state index contributed by atoms with van der Waals surface area (Å²) in [6.45, 7) is 0. The molecule has 33 heavy (non-hydrogen) atoms. The van der Waals surface area contributed by atoms with Crippen LogP contribution in [0.25, 0.3) is 0 Å². The van der Waals surface area contributed by atoms with E-state index in [1.807, 2.05) is 12.1 Å². The van der Waals surface area contributed by atoms with Gasteiger partial charge in [0.25, 0.3) is 5.91 Å². The molecule has 0 radical (unpaired) electrons. The summed E-state index contributed by atoms with van der Waals surface area (Å²) in [6.07, 6.45) is 0.107. The minimum Gasteiger partial charge on any atom is -0.497 e. The van der Waals surface area contributed by atoms with Gasteiger partial charge in [-0.2, -0.15) is 4.99 Å². The fourth-order valence-corrected chi connectivity index (χ4v) is 8.10. The maximum absolute atomic E-state index is 12.8. The highest BCUT2D eigenvalue weighted by Crippen LogP contribution is 2.46. The minimum absolute atomic E-state index is 0.0245. The van der Waals surface area contributed by atoms with Gasteiger partial charge in [-0.05, 0) is 23.8 Å². The summed E-state index contributed by atoms with van der Waals surface area (Å²) in [5.74, 6) is 1.22. The summed E-state index contributed by atoms with van der Waals surface area (Å²) in [4.78, 5) is 18.9. The second-order valence-corrected chi connectivity index (χ2v) is 11.4. The third-order valence-corrected chi connectivity index (χ3v) is 9.02. The average Bonchev–Trinajstić information content (AvgIpc) is 3.24. The predicted molar refractivity (Wildman–Crippen MR) is 130 cm³/mol. The van der Waals surface area contributed by atoms with Crippen LogP contribution in [0, 0.1) is 0 Å². The number of sulfone groups is 1. The number of aliphatic imine (C=N–C) groups is 1. The van der Waals surface area contributed by atoms with Gasteiger partial charge >= 0.3 is 0 Å². The van der Waals surface area contributed by atoms with E-state index in [4.69, 9.17) is 25.8 Å². The van der Waals surface area contributed by atoms with Crippen molar-refractivity contribution in [3.05, 3.63) is 47.0 Å². The Balaban J connectivity index is 1.70. The third kappa shape index (κ3) is 4.92. The molecule has 176 valence electrons. The number of carbonyl (C=O) groups is 1. The van der Waals surface area contributed by atoms with E-state index >= 15 is 0 Å². The average molecular weight is 511 g/mol. The third-order valence-electron chi connectivity index (χ3n) is 5.51. The lowest BCUT2D eigenvalue weighted by Gasteiger charge is -2.26. The summed E-state index contributed by atoms with van der Waals surface area (Å²) in [5, 5.41) is 0.526. The van der Waals surface area contributed by atoms with Crippen LogP contribution >= 0.6 is 23.4 Å². The molecule has 1 amide bonds. The highest BCUT2D eigenvalue weighted by Gasteiger charge is 2.50. The van der Waals surface area contributed by atoms with Crippen LogP contribution in [0.2, 0.25) is 5.02 Å². The first-order chi connectivity index (χ1) is 15.7. The van der Waals surface area contributed by atoms with Crippen LogP contribution < -0.4 is 19.1 Å². The lowest BCUT2D eigenvalue weighted by Crippen LogP contribution is -2.38. The molecule has 2 aromatic carbocycles. The largest absolute Gasteiger partial charge is 0.497 e. The Kier molecular flexibility index (Phi) is 6.78. The smallest absolute Gasteiger partial charge is 0.252 e. The van der Waals surface area contributed by atoms with Gasteiger partial charge in [-0.1, -0.05) is 35.5 Å². The van der Waals surface area contributed by atoms with Gasteiger partial charge in [0.05, 0.1) is 56.0 Å². The highest BCUT2D eigenvalue weighted by atomic mass is 35.5. The number of benzene rings is 2. The van der Waals surface area contributed by atoms with Gasteiger partial charge < -0.3 is 19.1 Å². The summed E-state index contributed by atoms with van der Waals surface area (Å²) < 4.78 is 40.6. The maximum Gasteiger partial charge on any atom is 0.252 e. The predicted octanol–water partition coefficient (Wildman–Crippen LogP) is 3.21. The lowest BCUT2D eigenvalue weighted by atomic mass is 10.1. The van der Waals surface area contributed by atoms with Gasteiger partial charge in [0, 0.05) is 11.3 Å². The van der Waals surface area contributed by atoms with Gasteiger partial charge in [0.15, 0.2) is 15.0 Å². The van der Waals surface area contributed by atoms with Gasteiger partial charge in [-0.3, -0.25) is 4.79 Å². The second-order valence-electron chi connectivity index (χ2n) is 7.64. The Morgan fingerprint density at radius 3 is 2.42 bits per heavy atom. The number of ether oxygens (including phenoxy) is 3. The van der Waals surface area contributed by atoms with E-state index in [1.165, 1.54) is 26.0 Å². The van der Waals surface area contributed by atoms with Crippen molar-refractivity contribution in [2.45, 2.75) is 17.7 Å². The number of anilines is 1. The molecular weight excluding hydrogens is 488 g/mol. The first kappa shape index (κ1) is 23.7. The molecule has 8 nitrogen and oxygen atoms in total. The van der Waals surface area contributed by atoms with Gasteiger partial charge in [-0.25, -0.2) is 8.42 Å². The van der Waals surface area contributed by atoms with Crippen molar-refractivity contribution in [3.8, 4) is 17.2 Å². The zero-order valence-electron chi connectivity index (χ0n) is 18.3. The molecule has 0 bridgehead atoms. The van der Waals surface area contributed by atoms with E-state index in [0.29, 0.717) is 33.1 Å². The summed E-state index contributed by atoms with van der Waals surface area (Å²) in [7, 11) is 1.37. The number of rotatable bonds is 6. The molecule has 2 saturated heterocycles. The number of amides is 1. The molecule has 2 heterocycles. The molecule has 2 aliphatic heterocycles. The SMILES string of the molecule is COc1ccc(CC(=O)N=C2S[C@@H]3CS(=O)(=O)C[C@@H]3N2c2cc(Cl)c(OC)cc2OC)cc1. The van der Waals surface area contributed by atoms with Gasteiger partial charge in [0.1, 0.15) is 17.2 Å². The van der Waals surface area contributed by atoms with E-state index in [-0.39, 0.29) is 35.1 Å². The number of nitrogens with zero attached hydrogens (tertiary/aromatic N) is 2. The molecule has 11 heteroatoms. The van der Waals surface area contributed by atoms with Crippen LogP contribution in [-0.4, -0.2) is 63.6 Å². The van der Waals surface area contributed by atoms with Crippen molar-refractivity contribution >= 4 is 50.0 Å². The fourth-order valence-electron chi connectivity index (χ4n) is 3.94. The number of amidine groups is 1. The maximum atomic E-state index is 12.8. The molecule has 4 rings (SSSR count). The quantitative estimate of drug-likeness (QED) is 0.584. The molecule has 0 spiro atoms. The van der Waals surface area contributed by atoms with Crippen LogP contribution in [0.3, 0.4) is 0 Å². The number of carbonyl (C=O) groups excluding carboxylic acids is 1. The summed E-state index contributed by atoms with van der Waals surface area (Å²) in [5.41, 5.74) is 1.34. The Morgan fingerprint density at radius 2 is 1.79 bits per heavy atom. The van der Waals surface area contributed by atoms with Crippen molar-refractivity contribution in [1.29, 1.82) is 0 Å². The fraction of sp³-hybridized carbons (Fsp3) is 0.364. The summed E-state index contributed by atoms with van der Waals surface area (Å²) >= 11 is 7.66. The molecule has 0 aliphatic carbocycles. The molecule has 2 aliphatic rings. The summed E-state index contributed by atoms with van der Waals surface area (Å²) in [6, 6.07) is 10.1. The van der Waals surface area contributed by atoms with E-state index in [2.05, 4.69) is 4.99 Å². The molecule has 2 fully saturated rings. The number of fused-ring (bicyclic) bond motifs is 1. The normalized spacial score (nSPS) is 22.3. The number of halogens is 1. The topological polar surface area (TPSA) is 94.5 Å².